The Morgan fingerprint density at radius 1 is 1.47 bits per heavy atom. The third kappa shape index (κ3) is 1.97. The number of hydrogen-bond donors (Lipinski definition) is 2. The molecule has 0 amide bonds. The lowest BCUT2D eigenvalue weighted by atomic mass is 10.1. The van der Waals surface area contributed by atoms with Crippen LogP contribution in [0.1, 0.15) is 12.0 Å². The summed E-state index contributed by atoms with van der Waals surface area (Å²) >= 11 is 5.99. The van der Waals surface area contributed by atoms with Crippen LogP contribution in [0.4, 0.5) is 0 Å². The predicted molar refractivity (Wildman–Crippen MR) is 59.3 cm³/mol. The summed E-state index contributed by atoms with van der Waals surface area (Å²) < 4.78 is 0. The maximum atomic E-state index is 10.5. The van der Waals surface area contributed by atoms with E-state index in [1.807, 2.05) is 18.3 Å². The highest BCUT2D eigenvalue weighted by molar-refractivity contribution is 6.35. The molecule has 0 aliphatic carbocycles. The molecule has 4 heteroatoms. The van der Waals surface area contributed by atoms with Gasteiger partial charge in [-0.05, 0) is 18.1 Å². The summed E-state index contributed by atoms with van der Waals surface area (Å²) in [7, 11) is 0. The SMILES string of the molecule is O=C(O)CCc1c[nH]c2c(Cl)cccc12. The lowest BCUT2D eigenvalue weighted by molar-refractivity contribution is -0.136. The Bertz CT molecular complexity index is 504. The van der Waals surface area contributed by atoms with Gasteiger partial charge >= 0.3 is 5.97 Å². The number of H-pyrrole nitrogens is 1. The molecule has 0 fully saturated rings. The molecule has 0 saturated heterocycles. The molecule has 2 aromatic rings. The molecule has 2 rings (SSSR count). The Morgan fingerprint density at radius 3 is 3.00 bits per heavy atom. The zero-order chi connectivity index (χ0) is 10.8. The number of aryl methyl sites for hydroxylation is 1. The van der Waals surface area contributed by atoms with Gasteiger partial charge in [-0.3, -0.25) is 4.79 Å². The minimum absolute atomic E-state index is 0.138. The average molecular weight is 224 g/mol. The van der Waals surface area contributed by atoms with Crippen LogP contribution in [0.5, 0.6) is 0 Å². The third-order valence-corrected chi connectivity index (χ3v) is 2.67. The number of carbonyl (C=O) groups is 1. The number of aliphatic carboxylic acids is 1. The second-order valence-corrected chi connectivity index (χ2v) is 3.78. The van der Waals surface area contributed by atoms with Crippen LogP contribution in [-0.4, -0.2) is 16.1 Å². The van der Waals surface area contributed by atoms with Gasteiger partial charge in [0.1, 0.15) is 0 Å². The van der Waals surface area contributed by atoms with E-state index in [1.54, 1.807) is 6.07 Å². The summed E-state index contributed by atoms with van der Waals surface area (Å²) in [5, 5.41) is 10.3. The standard InChI is InChI=1S/C11H10ClNO2/c12-9-3-1-2-8-7(4-5-10(14)15)6-13-11(8)9/h1-3,6,13H,4-5H2,(H,14,15). The number of halogens is 1. The molecule has 0 aliphatic rings. The highest BCUT2D eigenvalue weighted by Crippen LogP contribution is 2.25. The Balaban J connectivity index is 2.37. The van der Waals surface area contributed by atoms with Gasteiger partial charge in [-0.25, -0.2) is 0 Å². The monoisotopic (exact) mass is 223 g/mol. The fourth-order valence-electron chi connectivity index (χ4n) is 1.62. The van der Waals surface area contributed by atoms with Gasteiger partial charge in [0.05, 0.1) is 10.5 Å². The second kappa shape index (κ2) is 3.95. The molecule has 0 unspecified atom stereocenters. The van der Waals surface area contributed by atoms with Crippen LogP contribution < -0.4 is 0 Å². The van der Waals surface area contributed by atoms with E-state index in [4.69, 9.17) is 16.7 Å². The third-order valence-electron chi connectivity index (χ3n) is 2.36. The Hall–Kier alpha value is -1.48. The highest BCUT2D eigenvalue weighted by Gasteiger charge is 2.07. The molecular formula is C11H10ClNO2. The number of benzene rings is 1. The summed E-state index contributed by atoms with van der Waals surface area (Å²) in [6, 6.07) is 5.61. The quantitative estimate of drug-likeness (QED) is 0.841. The fraction of sp³-hybridized carbons (Fsp3) is 0.182. The Labute approximate surface area is 91.7 Å². The maximum Gasteiger partial charge on any atom is 0.303 e. The summed E-state index contributed by atoms with van der Waals surface area (Å²) in [6.45, 7) is 0. The van der Waals surface area contributed by atoms with Crippen molar-refractivity contribution in [2.24, 2.45) is 0 Å². The molecule has 0 bridgehead atoms. The summed E-state index contributed by atoms with van der Waals surface area (Å²) in [5.74, 6) is -0.786. The molecule has 2 N–H and O–H groups in total. The first-order chi connectivity index (χ1) is 7.18. The maximum absolute atomic E-state index is 10.5. The van der Waals surface area contributed by atoms with Gasteiger partial charge in [-0.1, -0.05) is 23.7 Å². The molecule has 0 radical (unpaired) electrons. The molecule has 1 aromatic heterocycles. The molecule has 3 nitrogen and oxygen atoms in total. The zero-order valence-corrected chi connectivity index (χ0v) is 8.71. The van der Waals surface area contributed by atoms with Crippen molar-refractivity contribution in [2.45, 2.75) is 12.8 Å². The van der Waals surface area contributed by atoms with Gasteiger partial charge < -0.3 is 10.1 Å². The fourth-order valence-corrected chi connectivity index (χ4v) is 1.85. The number of fused-ring (bicyclic) bond motifs is 1. The molecule has 0 aliphatic heterocycles. The number of nitrogens with one attached hydrogen (secondary N) is 1. The van der Waals surface area contributed by atoms with Crippen molar-refractivity contribution in [2.75, 3.05) is 0 Å². The van der Waals surface area contributed by atoms with Crippen molar-refractivity contribution in [3.63, 3.8) is 0 Å². The van der Waals surface area contributed by atoms with Gasteiger partial charge in [0.2, 0.25) is 0 Å². The van der Waals surface area contributed by atoms with Crippen LogP contribution in [0.2, 0.25) is 5.02 Å². The van der Waals surface area contributed by atoms with Crippen LogP contribution in [0.25, 0.3) is 10.9 Å². The van der Waals surface area contributed by atoms with Crippen LogP contribution in [0, 0.1) is 0 Å². The summed E-state index contributed by atoms with van der Waals surface area (Å²) in [4.78, 5) is 13.5. The number of carboxylic acids is 1. The van der Waals surface area contributed by atoms with Gasteiger partial charge in [0.15, 0.2) is 0 Å². The van der Waals surface area contributed by atoms with Gasteiger partial charge in [0, 0.05) is 18.0 Å². The number of aromatic nitrogens is 1. The average Bonchev–Trinajstić information content (AvgIpc) is 2.59. The molecule has 1 heterocycles. The van der Waals surface area contributed by atoms with Gasteiger partial charge in [-0.15, -0.1) is 0 Å². The van der Waals surface area contributed by atoms with E-state index >= 15 is 0 Å². The van der Waals surface area contributed by atoms with Gasteiger partial charge in [0.25, 0.3) is 0 Å². The van der Waals surface area contributed by atoms with Crippen molar-refractivity contribution in [3.8, 4) is 0 Å². The molecule has 0 atom stereocenters. The number of rotatable bonds is 3. The smallest absolute Gasteiger partial charge is 0.303 e. The second-order valence-electron chi connectivity index (χ2n) is 3.37. The van der Waals surface area contributed by atoms with Crippen LogP contribution in [-0.2, 0) is 11.2 Å². The summed E-state index contributed by atoms with van der Waals surface area (Å²) in [5.41, 5.74) is 1.87. The van der Waals surface area contributed by atoms with E-state index in [9.17, 15) is 4.79 Å². The normalized spacial score (nSPS) is 10.7. The zero-order valence-electron chi connectivity index (χ0n) is 7.96. The molecule has 0 saturated carbocycles. The van der Waals surface area contributed by atoms with Crippen molar-refractivity contribution in [3.05, 3.63) is 35.0 Å². The first-order valence-electron chi connectivity index (χ1n) is 4.65. The largest absolute Gasteiger partial charge is 0.481 e. The van der Waals surface area contributed by atoms with Crippen molar-refractivity contribution in [1.29, 1.82) is 0 Å². The minimum Gasteiger partial charge on any atom is -0.481 e. The van der Waals surface area contributed by atoms with E-state index in [2.05, 4.69) is 4.98 Å². The Kier molecular flexibility index (Phi) is 2.64. The Morgan fingerprint density at radius 2 is 2.27 bits per heavy atom. The first-order valence-corrected chi connectivity index (χ1v) is 5.02. The number of aromatic amines is 1. The van der Waals surface area contributed by atoms with E-state index in [-0.39, 0.29) is 6.42 Å². The van der Waals surface area contributed by atoms with Crippen molar-refractivity contribution < 1.29 is 9.90 Å². The van der Waals surface area contributed by atoms with Crippen molar-refractivity contribution in [1.82, 2.24) is 4.98 Å². The van der Waals surface area contributed by atoms with Crippen molar-refractivity contribution >= 4 is 28.5 Å². The van der Waals surface area contributed by atoms with E-state index in [1.165, 1.54) is 0 Å². The highest BCUT2D eigenvalue weighted by atomic mass is 35.5. The topological polar surface area (TPSA) is 53.1 Å². The lowest BCUT2D eigenvalue weighted by Gasteiger charge is -1.96. The van der Waals surface area contributed by atoms with Crippen LogP contribution in [0.3, 0.4) is 0 Å². The number of para-hydroxylation sites is 1. The van der Waals surface area contributed by atoms with Crippen LogP contribution in [0.15, 0.2) is 24.4 Å². The first kappa shape index (κ1) is 10.1. The number of carboxylic acid groups (broad SMARTS) is 1. The molecule has 1 aromatic carbocycles. The molecule has 15 heavy (non-hydrogen) atoms. The molecular weight excluding hydrogens is 214 g/mol. The van der Waals surface area contributed by atoms with E-state index in [0.29, 0.717) is 11.4 Å². The van der Waals surface area contributed by atoms with E-state index < -0.39 is 5.97 Å². The van der Waals surface area contributed by atoms with E-state index in [0.717, 1.165) is 16.5 Å². The summed E-state index contributed by atoms with van der Waals surface area (Å²) in [6.07, 6.45) is 2.48. The number of hydrogen-bond acceptors (Lipinski definition) is 1. The van der Waals surface area contributed by atoms with Gasteiger partial charge in [-0.2, -0.15) is 0 Å². The van der Waals surface area contributed by atoms with Crippen LogP contribution >= 0.6 is 11.6 Å². The lowest BCUT2D eigenvalue weighted by Crippen LogP contribution is -1.96. The minimum atomic E-state index is -0.786. The molecule has 0 spiro atoms. The molecule has 78 valence electrons. The predicted octanol–water partition coefficient (Wildman–Crippen LogP) is 2.84.